The summed E-state index contributed by atoms with van der Waals surface area (Å²) >= 11 is 0. The van der Waals surface area contributed by atoms with E-state index in [9.17, 15) is 15.2 Å². The van der Waals surface area contributed by atoms with Crippen LogP contribution in [0.2, 0.25) is 0 Å². The van der Waals surface area contributed by atoms with Crippen LogP contribution in [0, 0.1) is 10.1 Å². The van der Waals surface area contributed by atoms with E-state index in [1.54, 1.807) is 12.1 Å². The number of nitro groups is 1. The van der Waals surface area contributed by atoms with Gasteiger partial charge in [-0.05, 0) is 31.0 Å². The number of aliphatic hydroxyl groups excluding tert-OH is 1. The molecule has 0 spiro atoms. The highest BCUT2D eigenvalue weighted by Crippen LogP contribution is 2.22. The largest absolute Gasteiger partial charge is 0.390 e. The Hall–Kier alpha value is -2.70. The molecule has 136 valence electrons. The minimum absolute atomic E-state index is 0.0672. The Morgan fingerprint density at radius 1 is 1.19 bits per heavy atom. The van der Waals surface area contributed by atoms with Crippen molar-refractivity contribution >= 4 is 16.6 Å². The van der Waals surface area contributed by atoms with Crippen molar-refractivity contribution in [2.75, 3.05) is 0 Å². The third-order valence-corrected chi connectivity index (χ3v) is 4.53. The smallest absolute Gasteiger partial charge is 0.271 e. The summed E-state index contributed by atoms with van der Waals surface area (Å²) in [6.45, 7) is 2.87. The molecule has 0 amide bonds. The van der Waals surface area contributed by atoms with Crippen molar-refractivity contribution in [3.8, 4) is 0 Å². The SMILES string of the molecule is C[C@H](OCc1ccccc1)[C@@H](O)CCn1ccc2ccc([N+](=O)[O-])cc21. The maximum atomic E-state index is 11.0. The molecule has 1 aromatic heterocycles. The molecule has 26 heavy (non-hydrogen) atoms. The lowest BCUT2D eigenvalue weighted by Gasteiger charge is -2.20. The van der Waals surface area contributed by atoms with E-state index in [1.807, 2.05) is 54.1 Å². The van der Waals surface area contributed by atoms with Crippen LogP contribution < -0.4 is 0 Å². The van der Waals surface area contributed by atoms with Gasteiger partial charge in [0.15, 0.2) is 0 Å². The first-order valence-electron chi connectivity index (χ1n) is 8.61. The minimum Gasteiger partial charge on any atom is -0.390 e. The second-order valence-corrected chi connectivity index (χ2v) is 6.37. The highest BCUT2D eigenvalue weighted by Gasteiger charge is 2.16. The molecular weight excluding hydrogens is 332 g/mol. The van der Waals surface area contributed by atoms with Crippen LogP contribution in [0.1, 0.15) is 18.9 Å². The molecule has 0 unspecified atom stereocenters. The first kappa shape index (κ1) is 18.1. The van der Waals surface area contributed by atoms with E-state index in [0.29, 0.717) is 19.6 Å². The summed E-state index contributed by atoms with van der Waals surface area (Å²) in [6, 6.07) is 16.6. The molecule has 1 heterocycles. The van der Waals surface area contributed by atoms with Gasteiger partial charge in [-0.15, -0.1) is 0 Å². The summed E-state index contributed by atoms with van der Waals surface area (Å²) in [6.07, 6.45) is 1.47. The molecule has 6 nitrogen and oxygen atoms in total. The van der Waals surface area contributed by atoms with E-state index in [4.69, 9.17) is 4.74 Å². The van der Waals surface area contributed by atoms with Gasteiger partial charge in [0.05, 0.1) is 29.3 Å². The number of nitro benzene ring substituents is 1. The number of rotatable bonds is 8. The molecule has 0 aliphatic carbocycles. The summed E-state index contributed by atoms with van der Waals surface area (Å²) < 4.78 is 7.68. The van der Waals surface area contributed by atoms with Crippen molar-refractivity contribution in [2.24, 2.45) is 0 Å². The summed E-state index contributed by atoms with van der Waals surface area (Å²) in [5.41, 5.74) is 1.93. The van der Waals surface area contributed by atoms with Crippen molar-refractivity contribution in [3.05, 3.63) is 76.5 Å². The predicted octanol–water partition coefficient (Wildman–Crippen LogP) is 3.91. The first-order chi connectivity index (χ1) is 12.5. The van der Waals surface area contributed by atoms with Crippen molar-refractivity contribution in [2.45, 2.75) is 38.7 Å². The number of aryl methyl sites for hydroxylation is 1. The normalized spacial score (nSPS) is 13.6. The van der Waals surface area contributed by atoms with Crippen molar-refractivity contribution < 1.29 is 14.8 Å². The standard InChI is InChI=1S/C20H22N2O4/c1-15(26-14-16-5-3-2-4-6-16)20(23)10-12-21-11-9-17-7-8-18(22(24)25)13-19(17)21/h2-9,11,13,15,20,23H,10,12,14H2,1H3/t15-,20-/m0/s1. The number of ether oxygens (including phenoxy) is 1. The molecule has 0 aliphatic rings. The average molecular weight is 354 g/mol. The van der Waals surface area contributed by atoms with Gasteiger partial charge in [-0.25, -0.2) is 0 Å². The van der Waals surface area contributed by atoms with Crippen LogP contribution in [-0.2, 0) is 17.9 Å². The predicted molar refractivity (Wildman–Crippen MR) is 99.9 cm³/mol. The molecule has 0 bridgehead atoms. The molecule has 3 aromatic rings. The van der Waals surface area contributed by atoms with Crippen LogP contribution in [0.4, 0.5) is 5.69 Å². The molecule has 3 rings (SSSR count). The number of hydrogen-bond acceptors (Lipinski definition) is 4. The number of nitrogens with zero attached hydrogens (tertiary/aromatic N) is 2. The van der Waals surface area contributed by atoms with Gasteiger partial charge < -0.3 is 14.4 Å². The molecule has 0 saturated carbocycles. The highest BCUT2D eigenvalue weighted by atomic mass is 16.6. The van der Waals surface area contributed by atoms with Gasteiger partial charge in [0, 0.05) is 30.3 Å². The van der Waals surface area contributed by atoms with Crippen LogP contribution in [0.15, 0.2) is 60.8 Å². The maximum Gasteiger partial charge on any atom is 0.271 e. The fourth-order valence-corrected chi connectivity index (χ4v) is 2.90. The number of aromatic nitrogens is 1. The zero-order valence-electron chi connectivity index (χ0n) is 14.6. The maximum absolute atomic E-state index is 11.0. The first-order valence-corrected chi connectivity index (χ1v) is 8.61. The number of benzene rings is 2. The minimum atomic E-state index is -0.616. The quantitative estimate of drug-likeness (QED) is 0.491. The summed E-state index contributed by atoms with van der Waals surface area (Å²) in [4.78, 5) is 10.6. The number of non-ortho nitro benzene ring substituents is 1. The Morgan fingerprint density at radius 3 is 2.69 bits per heavy atom. The van der Waals surface area contributed by atoms with E-state index in [0.717, 1.165) is 16.5 Å². The van der Waals surface area contributed by atoms with Crippen molar-refractivity contribution in [3.63, 3.8) is 0 Å². The second-order valence-electron chi connectivity index (χ2n) is 6.37. The van der Waals surface area contributed by atoms with Gasteiger partial charge in [0.2, 0.25) is 0 Å². The van der Waals surface area contributed by atoms with Gasteiger partial charge in [0.1, 0.15) is 0 Å². The highest BCUT2D eigenvalue weighted by molar-refractivity contribution is 5.82. The monoisotopic (exact) mass is 354 g/mol. The van der Waals surface area contributed by atoms with E-state index < -0.39 is 11.0 Å². The lowest BCUT2D eigenvalue weighted by Crippen LogP contribution is -2.27. The van der Waals surface area contributed by atoms with Gasteiger partial charge in [-0.1, -0.05) is 30.3 Å². The van der Waals surface area contributed by atoms with Gasteiger partial charge in [-0.2, -0.15) is 0 Å². The Labute approximate surface area is 151 Å². The molecule has 0 saturated heterocycles. The zero-order chi connectivity index (χ0) is 18.5. The Morgan fingerprint density at radius 2 is 1.96 bits per heavy atom. The Bertz CT molecular complexity index is 876. The van der Waals surface area contributed by atoms with Crippen LogP contribution in [0.3, 0.4) is 0 Å². The van der Waals surface area contributed by atoms with E-state index >= 15 is 0 Å². The topological polar surface area (TPSA) is 77.5 Å². The van der Waals surface area contributed by atoms with Crippen LogP contribution >= 0.6 is 0 Å². The lowest BCUT2D eigenvalue weighted by molar-refractivity contribution is -0.384. The fourth-order valence-electron chi connectivity index (χ4n) is 2.90. The molecule has 0 aliphatic heterocycles. The van der Waals surface area contributed by atoms with E-state index in [1.165, 1.54) is 6.07 Å². The van der Waals surface area contributed by atoms with Crippen LogP contribution in [-0.4, -0.2) is 26.8 Å². The Balaban J connectivity index is 1.58. The van der Waals surface area contributed by atoms with Crippen molar-refractivity contribution in [1.82, 2.24) is 4.57 Å². The molecule has 0 fully saturated rings. The molecule has 6 heteroatoms. The second kappa shape index (κ2) is 8.12. The van der Waals surface area contributed by atoms with Gasteiger partial charge in [-0.3, -0.25) is 10.1 Å². The number of hydrogen-bond donors (Lipinski definition) is 1. The number of fused-ring (bicyclic) bond motifs is 1. The lowest BCUT2D eigenvalue weighted by atomic mass is 10.1. The van der Waals surface area contributed by atoms with Crippen molar-refractivity contribution in [1.29, 1.82) is 0 Å². The average Bonchev–Trinajstić information content (AvgIpc) is 3.07. The van der Waals surface area contributed by atoms with E-state index in [2.05, 4.69) is 0 Å². The van der Waals surface area contributed by atoms with Crippen LogP contribution in [0.5, 0.6) is 0 Å². The number of aliphatic hydroxyl groups is 1. The van der Waals surface area contributed by atoms with Gasteiger partial charge in [0.25, 0.3) is 5.69 Å². The van der Waals surface area contributed by atoms with Gasteiger partial charge >= 0.3 is 0 Å². The fraction of sp³-hybridized carbons (Fsp3) is 0.300. The molecular formula is C20H22N2O4. The van der Waals surface area contributed by atoms with Crippen LogP contribution in [0.25, 0.3) is 10.9 Å². The van der Waals surface area contributed by atoms with E-state index in [-0.39, 0.29) is 11.8 Å². The third-order valence-electron chi connectivity index (χ3n) is 4.53. The third kappa shape index (κ3) is 4.28. The molecule has 1 N–H and O–H groups in total. The summed E-state index contributed by atoms with van der Waals surface area (Å²) in [7, 11) is 0. The molecule has 0 radical (unpaired) electrons. The molecule has 2 aromatic carbocycles. The zero-order valence-corrected chi connectivity index (χ0v) is 14.6. The molecule has 2 atom stereocenters. The summed E-state index contributed by atoms with van der Waals surface area (Å²) in [5, 5.41) is 22.3. The Kier molecular flexibility index (Phi) is 5.65. The summed E-state index contributed by atoms with van der Waals surface area (Å²) in [5.74, 6) is 0.